The van der Waals surface area contributed by atoms with Crippen molar-refractivity contribution in [3.8, 4) is 0 Å². The highest BCUT2D eigenvalue weighted by atomic mass is 16.5. The summed E-state index contributed by atoms with van der Waals surface area (Å²) in [6.45, 7) is 8.74. The monoisotopic (exact) mass is 270 g/mol. The van der Waals surface area contributed by atoms with Crippen molar-refractivity contribution in [1.82, 2.24) is 9.80 Å². The lowest BCUT2D eigenvalue weighted by atomic mass is 10.2. The molecule has 1 rings (SSSR count). The Balaban J connectivity index is 2.57. The first-order valence-corrected chi connectivity index (χ1v) is 7.28. The van der Waals surface area contributed by atoms with Crippen LogP contribution in [0.15, 0.2) is 0 Å². The van der Waals surface area contributed by atoms with E-state index in [0.29, 0.717) is 6.61 Å². The van der Waals surface area contributed by atoms with Gasteiger partial charge in [0.2, 0.25) is 5.91 Å². The van der Waals surface area contributed by atoms with E-state index in [1.165, 1.54) is 0 Å². The summed E-state index contributed by atoms with van der Waals surface area (Å²) in [5, 5.41) is 0. The van der Waals surface area contributed by atoms with Crippen molar-refractivity contribution in [3.05, 3.63) is 0 Å². The molecule has 1 saturated heterocycles. The molecule has 110 valence electrons. The van der Waals surface area contributed by atoms with Gasteiger partial charge in [-0.2, -0.15) is 0 Å². The highest BCUT2D eigenvalue weighted by molar-refractivity contribution is 5.82. The van der Waals surface area contributed by atoms with Gasteiger partial charge in [0, 0.05) is 13.1 Å². The largest absolute Gasteiger partial charge is 0.465 e. The third-order valence-electron chi connectivity index (χ3n) is 3.47. The second-order valence-corrected chi connectivity index (χ2v) is 4.98. The van der Waals surface area contributed by atoms with Gasteiger partial charge in [-0.3, -0.25) is 14.5 Å². The Morgan fingerprint density at radius 3 is 2.42 bits per heavy atom. The molecule has 0 radical (unpaired) electrons. The Hall–Kier alpha value is -1.10. The molecule has 0 aromatic rings. The SMILES string of the molecule is CCCN(CC(=O)OCC)C(C)C(=O)N1CCCC1. The van der Waals surface area contributed by atoms with Gasteiger partial charge in [-0.15, -0.1) is 0 Å². The zero-order valence-electron chi connectivity index (χ0n) is 12.4. The van der Waals surface area contributed by atoms with Crippen molar-refractivity contribution in [3.63, 3.8) is 0 Å². The Bertz CT molecular complexity index is 301. The summed E-state index contributed by atoms with van der Waals surface area (Å²) in [5.41, 5.74) is 0. The average Bonchev–Trinajstić information content (AvgIpc) is 2.90. The molecule has 1 aliphatic heterocycles. The Morgan fingerprint density at radius 2 is 1.89 bits per heavy atom. The number of nitrogens with zero attached hydrogens (tertiary/aromatic N) is 2. The molecule has 19 heavy (non-hydrogen) atoms. The molecule has 5 nitrogen and oxygen atoms in total. The lowest BCUT2D eigenvalue weighted by molar-refractivity contribution is -0.146. The van der Waals surface area contributed by atoms with Crippen LogP contribution in [0.5, 0.6) is 0 Å². The molecule has 0 spiro atoms. The predicted molar refractivity (Wildman–Crippen MR) is 73.8 cm³/mol. The number of ether oxygens (including phenoxy) is 1. The van der Waals surface area contributed by atoms with Gasteiger partial charge in [0.05, 0.1) is 19.2 Å². The van der Waals surface area contributed by atoms with Gasteiger partial charge in [-0.25, -0.2) is 0 Å². The topological polar surface area (TPSA) is 49.9 Å². The number of amides is 1. The van der Waals surface area contributed by atoms with Gasteiger partial charge >= 0.3 is 5.97 Å². The molecule has 1 amide bonds. The minimum Gasteiger partial charge on any atom is -0.465 e. The van der Waals surface area contributed by atoms with Crippen LogP contribution in [-0.2, 0) is 14.3 Å². The fourth-order valence-electron chi connectivity index (χ4n) is 2.43. The fraction of sp³-hybridized carbons (Fsp3) is 0.857. The Morgan fingerprint density at radius 1 is 1.26 bits per heavy atom. The van der Waals surface area contributed by atoms with Crippen LogP contribution in [0.3, 0.4) is 0 Å². The van der Waals surface area contributed by atoms with Crippen molar-refractivity contribution in [2.45, 2.75) is 46.1 Å². The summed E-state index contributed by atoms with van der Waals surface area (Å²) >= 11 is 0. The van der Waals surface area contributed by atoms with E-state index in [1.807, 2.05) is 23.6 Å². The van der Waals surface area contributed by atoms with Gasteiger partial charge in [0.25, 0.3) is 0 Å². The van der Waals surface area contributed by atoms with Gasteiger partial charge in [-0.1, -0.05) is 6.92 Å². The Labute approximate surface area is 115 Å². The molecule has 1 heterocycles. The number of likely N-dealkylation sites (tertiary alicyclic amines) is 1. The van der Waals surface area contributed by atoms with Crippen LogP contribution in [0.2, 0.25) is 0 Å². The van der Waals surface area contributed by atoms with Crippen LogP contribution in [0.4, 0.5) is 0 Å². The summed E-state index contributed by atoms with van der Waals surface area (Å²) < 4.78 is 4.97. The van der Waals surface area contributed by atoms with Gasteiger partial charge < -0.3 is 9.64 Å². The number of hydrogen-bond acceptors (Lipinski definition) is 4. The van der Waals surface area contributed by atoms with Crippen molar-refractivity contribution >= 4 is 11.9 Å². The molecule has 1 atom stereocenters. The first-order valence-electron chi connectivity index (χ1n) is 7.28. The highest BCUT2D eigenvalue weighted by Gasteiger charge is 2.28. The van der Waals surface area contributed by atoms with Crippen molar-refractivity contribution in [2.24, 2.45) is 0 Å². The fourth-order valence-corrected chi connectivity index (χ4v) is 2.43. The summed E-state index contributed by atoms with van der Waals surface area (Å²) in [4.78, 5) is 27.7. The van der Waals surface area contributed by atoms with Gasteiger partial charge in [0.15, 0.2) is 0 Å². The molecule has 5 heteroatoms. The number of hydrogen-bond donors (Lipinski definition) is 0. The van der Waals surface area contributed by atoms with Crippen molar-refractivity contribution < 1.29 is 14.3 Å². The van der Waals surface area contributed by atoms with E-state index in [9.17, 15) is 9.59 Å². The average molecular weight is 270 g/mol. The maximum atomic E-state index is 12.3. The predicted octanol–water partition coefficient (Wildman–Crippen LogP) is 1.27. The van der Waals surface area contributed by atoms with Crippen LogP contribution in [0, 0.1) is 0 Å². The lowest BCUT2D eigenvalue weighted by Crippen LogP contribution is -2.48. The van der Waals surface area contributed by atoms with Crippen LogP contribution in [0.25, 0.3) is 0 Å². The number of carbonyl (C=O) groups excluding carboxylic acids is 2. The van der Waals surface area contributed by atoms with E-state index in [2.05, 4.69) is 0 Å². The zero-order valence-corrected chi connectivity index (χ0v) is 12.4. The Kier molecular flexibility index (Phi) is 6.84. The van der Waals surface area contributed by atoms with E-state index >= 15 is 0 Å². The molecule has 1 fully saturated rings. The third-order valence-corrected chi connectivity index (χ3v) is 3.47. The smallest absolute Gasteiger partial charge is 0.320 e. The summed E-state index contributed by atoms with van der Waals surface area (Å²) in [7, 11) is 0. The maximum absolute atomic E-state index is 12.3. The van der Waals surface area contributed by atoms with E-state index in [4.69, 9.17) is 4.74 Å². The van der Waals surface area contributed by atoms with Crippen molar-refractivity contribution in [1.29, 1.82) is 0 Å². The normalized spacial score (nSPS) is 16.7. The summed E-state index contributed by atoms with van der Waals surface area (Å²) in [6, 6.07) is -0.248. The summed E-state index contributed by atoms with van der Waals surface area (Å²) in [6.07, 6.45) is 3.09. The molecule has 1 unspecified atom stereocenters. The van der Waals surface area contributed by atoms with E-state index in [0.717, 1.165) is 38.9 Å². The standard InChI is InChI=1S/C14H26N2O3/c1-4-8-16(11-13(17)19-5-2)12(3)14(18)15-9-6-7-10-15/h12H,4-11H2,1-3H3. The van der Waals surface area contributed by atoms with E-state index in [-0.39, 0.29) is 24.5 Å². The van der Waals surface area contributed by atoms with Crippen molar-refractivity contribution in [2.75, 3.05) is 32.8 Å². The first-order chi connectivity index (χ1) is 9.10. The molecule has 0 bridgehead atoms. The lowest BCUT2D eigenvalue weighted by Gasteiger charge is -2.30. The minimum absolute atomic E-state index is 0.134. The second-order valence-electron chi connectivity index (χ2n) is 4.98. The van der Waals surface area contributed by atoms with Crippen LogP contribution in [0.1, 0.15) is 40.0 Å². The minimum atomic E-state index is -0.253. The van der Waals surface area contributed by atoms with E-state index in [1.54, 1.807) is 6.92 Å². The van der Waals surface area contributed by atoms with E-state index < -0.39 is 0 Å². The molecule has 0 aliphatic carbocycles. The molecule has 0 aromatic carbocycles. The molecule has 0 aromatic heterocycles. The molecular formula is C14H26N2O3. The van der Waals surface area contributed by atoms with Crippen LogP contribution < -0.4 is 0 Å². The quantitative estimate of drug-likeness (QED) is 0.654. The molecule has 0 saturated carbocycles. The number of esters is 1. The first kappa shape index (κ1) is 16.0. The number of rotatable bonds is 7. The zero-order chi connectivity index (χ0) is 14.3. The van der Waals surface area contributed by atoms with Crippen LogP contribution in [-0.4, -0.2) is 60.5 Å². The summed E-state index contributed by atoms with van der Waals surface area (Å²) in [5.74, 6) is -0.118. The molecule has 1 aliphatic rings. The molecule has 0 N–H and O–H groups in total. The maximum Gasteiger partial charge on any atom is 0.320 e. The second kappa shape index (κ2) is 8.15. The van der Waals surface area contributed by atoms with Gasteiger partial charge in [0.1, 0.15) is 0 Å². The highest BCUT2D eigenvalue weighted by Crippen LogP contribution is 2.12. The van der Waals surface area contributed by atoms with Gasteiger partial charge in [-0.05, 0) is 39.7 Å². The van der Waals surface area contributed by atoms with Crippen LogP contribution >= 0.6 is 0 Å². The number of carbonyl (C=O) groups is 2. The molecular weight excluding hydrogens is 244 g/mol. The third kappa shape index (κ3) is 4.82.